The van der Waals surface area contributed by atoms with Crippen LogP contribution in [-0.2, 0) is 4.79 Å². The van der Waals surface area contributed by atoms with Crippen molar-refractivity contribution in [3.63, 3.8) is 0 Å². The Bertz CT molecular complexity index is 697. The van der Waals surface area contributed by atoms with Crippen molar-refractivity contribution < 1.29 is 9.53 Å². The van der Waals surface area contributed by atoms with Gasteiger partial charge in [-0.05, 0) is 68.7 Å². The second-order valence-electron chi connectivity index (χ2n) is 5.41. The van der Waals surface area contributed by atoms with E-state index in [9.17, 15) is 4.79 Å². The lowest BCUT2D eigenvalue weighted by Crippen LogP contribution is -2.30. The van der Waals surface area contributed by atoms with Gasteiger partial charge in [-0.2, -0.15) is 0 Å². The fourth-order valence-corrected chi connectivity index (χ4v) is 2.31. The normalized spacial score (nSPS) is 11.9. The van der Waals surface area contributed by atoms with Crippen LogP contribution in [0.4, 0.5) is 5.69 Å². The zero-order valence-corrected chi connectivity index (χ0v) is 14.8. The SMILES string of the molecule is Cc1cc(NC(=O)[C@@H](C)Oc2cccc(C)c2C)ccc1Br. The predicted octanol–water partition coefficient (Wildman–Crippen LogP) is 4.78. The van der Waals surface area contributed by atoms with E-state index in [0.29, 0.717) is 0 Å². The summed E-state index contributed by atoms with van der Waals surface area (Å²) in [6, 6.07) is 11.5. The number of nitrogens with one attached hydrogen (secondary N) is 1. The third kappa shape index (κ3) is 3.89. The van der Waals surface area contributed by atoms with Gasteiger partial charge in [0.25, 0.3) is 5.91 Å². The molecule has 0 aliphatic carbocycles. The molecule has 0 unspecified atom stereocenters. The van der Waals surface area contributed by atoms with Gasteiger partial charge < -0.3 is 10.1 Å². The highest BCUT2D eigenvalue weighted by Gasteiger charge is 2.16. The van der Waals surface area contributed by atoms with Gasteiger partial charge in [0.15, 0.2) is 6.10 Å². The van der Waals surface area contributed by atoms with Crippen LogP contribution in [-0.4, -0.2) is 12.0 Å². The summed E-state index contributed by atoms with van der Waals surface area (Å²) in [6.45, 7) is 7.75. The number of benzene rings is 2. The van der Waals surface area contributed by atoms with Crippen LogP contribution in [0.5, 0.6) is 5.75 Å². The highest BCUT2D eigenvalue weighted by molar-refractivity contribution is 9.10. The third-order valence-electron chi connectivity index (χ3n) is 3.65. The summed E-state index contributed by atoms with van der Waals surface area (Å²) in [5.41, 5.74) is 4.04. The summed E-state index contributed by atoms with van der Waals surface area (Å²) in [5.74, 6) is 0.581. The minimum atomic E-state index is -0.565. The molecule has 2 aromatic carbocycles. The van der Waals surface area contributed by atoms with Crippen LogP contribution in [0.2, 0.25) is 0 Å². The van der Waals surface area contributed by atoms with Crippen molar-refractivity contribution in [1.29, 1.82) is 0 Å². The van der Waals surface area contributed by atoms with Crippen molar-refractivity contribution >= 4 is 27.5 Å². The maximum Gasteiger partial charge on any atom is 0.265 e. The Morgan fingerprint density at radius 2 is 1.86 bits per heavy atom. The number of amides is 1. The van der Waals surface area contributed by atoms with Gasteiger partial charge in [0, 0.05) is 10.2 Å². The number of halogens is 1. The molecule has 0 radical (unpaired) electrons. The highest BCUT2D eigenvalue weighted by atomic mass is 79.9. The van der Waals surface area contributed by atoms with Gasteiger partial charge in [-0.15, -0.1) is 0 Å². The second kappa shape index (κ2) is 6.97. The molecule has 1 amide bonds. The first kappa shape index (κ1) is 16.6. The van der Waals surface area contributed by atoms with E-state index in [-0.39, 0.29) is 5.91 Å². The van der Waals surface area contributed by atoms with Crippen LogP contribution in [0, 0.1) is 20.8 Å². The van der Waals surface area contributed by atoms with Gasteiger partial charge in [0.2, 0.25) is 0 Å². The first-order valence-electron chi connectivity index (χ1n) is 7.18. The average Bonchev–Trinajstić information content (AvgIpc) is 2.47. The van der Waals surface area contributed by atoms with E-state index in [0.717, 1.165) is 32.6 Å². The lowest BCUT2D eigenvalue weighted by atomic mass is 10.1. The fourth-order valence-electron chi connectivity index (χ4n) is 2.06. The Morgan fingerprint density at radius 3 is 2.55 bits per heavy atom. The van der Waals surface area contributed by atoms with Gasteiger partial charge in [-0.3, -0.25) is 4.79 Å². The zero-order valence-electron chi connectivity index (χ0n) is 13.2. The number of aryl methyl sites for hydroxylation is 2. The summed E-state index contributed by atoms with van der Waals surface area (Å²) in [5, 5.41) is 2.88. The molecule has 0 aliphatic rings. The van der Waals surface area contributed by atoms with Crippen molar-refractivity contribution in [2.75, 3.05) is 5.32 Å². The minimum absolute atomic E-state index is 0.164. The second-order valence-corrected chi connectivity index (χ2v) is 6.27. The van der Waals surface area contributed by atoms with Gasteiger partial charge in [-0.25, -0.2) is 0 Å². The molecular formula is C18H20BrNO2. The molecule has 2 rings (SSSR count). The molecule has 0 heterocycles. The number of anilines is 1. The fraction of sp³-hybridized carbons (Fsp3) is 0.278. The van der Waals surface area contributed by atoms with E-state index in [2.05, 4.69) is 21.2 Å². The van der Waals surface area contributed by atoms with Gasteiger partial charge >= 0.3 is 0 Å². The summed E-state index contributed by atoms with van der Waals surface area (Å²) in [6.07, 6.45) is -0.565. The lowest BCUT2D eigenvalue weighted by molar-refractivity contribution is -0.122. The Morgan fingerprint density at radius 1 is 1.14 bits per heavy atom. The van der Waals surface area contributed by atoms with Crippen molar-refractivity contribution in [2.45, 2.75) is 33.8 Å². The summed E-state index contributed by atoms with van der Waals surface area (Å²) in [4.78, 5) is 12.3. The molecule has 2 aromatic rings. The van der Waals surface area contributed by atoms with E-state index >= 15 is 0 Å². The highest BCUT2D eigenvalue weighted by Crippen LogP contribution is 2.23. The standard InChI is InChI=1S/C18H20BrNO2/c1-11-6-5-7-17(13(11)3)22-14(4)18(21)20-15-8-9-16(19)12(2)10-15/h5-10,14H,1-4H3,(H,20,21)/t14-/m1/s1. The monoisotopic (exact) mass is 361 g/mol. The third-order valence-corrected chi connectivity index (χ3v) is 4.54. The summed E-state index contributed by atoms with van der Waals surface area (Å²) in [7, 11) is 0. The quantitative estimate of drug-likeness (QED) is 0.850. The first-order chi connectivity index (χ1) is 10.4. The van der Waals surface area contributed by atoms with Crippen LogP contribution < -0.4 is 10.1 Å². The molecule has 0 saturated heterocycles. The first-order valence-corrected chi connectivity index (χ1v) is 7.97. The molecular weight excluding hydrogens is 342 g/mol. The van der Waals surface area contributed by atoms with Crippen molar-refractivity contribution in [3.8, 4) is 5.75 Å². The van der Waals surface area contributed by atoms with Gasteiger partial charge in [-0.1, -0.05) is 28.1 Å². The zero-order chi connectivity index (χ0) is 16.3. The Hall–Kier alpha value is -1.81. The minimum Gasteiger partial charge on any atom is -0.481 e. The molecule has 0 bridgehead atoms. The number of rotatable bonds is 4. The van der Waals surface area contributed by atoms with Crippen molar-refractivity contribution in [3.05, 3.63) is 57.6 Å². The average molecular weight is 362 g/mol. The molecule has 4 heteroatoms. The smallest absolute Gasteiger partial charge is 0.265 e. The molecule has 3 nitrogen and oxygen atoms in total. The molecule has 1 N–H and O–H groups in total. The molecule has 22 heavy (non-hydrogen) atoms. The molecule has 0 fully saturated rings. The van der Waals surface area contributed by atoms with E-state index in [1.807, 2.05) is 57.2 Å². The maximum atomic E-state index is 12.3. The summed E-state index contributed by atoms with van der Waals surface area (Å²) >= 11 is 3.45. The lowest BCUT2D eigenvalue weighted by Gasteiger charge is -2.17. The molecule has 0 saturated carbocycles. The van der Waals surface area contributed by atoms with E-state index in [1.54, 1.807) is 6.92 Å². The molecule has 1 atom stereocenters. The van der Waals surface area contributed by atoms with E-state index in [1.165, 1.54) is 0 Å². The van der Waals surface area contributed by atoms with Gasteiger partial charge in [0.1, 0.15) is 5.75 Å². The van der Waals surface area contributed by atoms with Crippen LogP contribution in [0.15, 0.2) is 40.9 Å². The van der Waals surface area contributed by atoms with Crippen LogP contribution in [0.1, 0.15) is 23.6 Å². The Labute approximate surface area is 139 Å². The van der Waals surface area contributed by atoms with Crippen LogP contribution in [0.25, 0.3) is 0 Å². The largest absolute Gasteiger partial charge is 0.481 e. The number of hydrogen-bond donors (Lipinski definition) is 1. The van der Waals surface area contributed by atoms with Gasteiger partial charge in [0.05, 0.1) is 0 Å². The summed E-state index contributed by atoms with van der Waals surface area (Å²) < 4.78 is 6.81. The number of carbonyl (C=O) groups is 1. The van der Waals surface area contributed by atoms with E-state index in [4.69, 9.17) is 4.74 Å². The Balaban J connectivity index is 2.06. The van der Waals surface area contributed by atoms with Crippen molar-refractivity contribution in [2.24, 2.45) is 0 Å². The Kier molecular flexibility index (Phi) is 5.24. The number of ether oxygens (including phenoxy) is 1. The van der Waals surface area contributed by atoms with Crippen LogP contribution >= 0.6 is 15.9 Å². The molecule has 116 valence electrons. The predicted molar refractivity (Wildman–Crippen MR) is 93.5 cm³/mol. The number of hydrogen-bond acceptors (Lipinski definition) is 2. The topological polar surface area (TPSA) is 38.3 Å². The molecule has 0 aromatic heterocycles. The molecule has 0 spiro atoms. The van der Waals surface area contributed by atoms with Crippen LogP contribution in [0.3, 0.4) is 0 Å². The van der Waals surface area contributed by atoms with Crippen molar-refractivity contribution in [1.82, 2.24) is 0 Å². The molecule has 0 aliphatic heterocycles. The van der Waals surface area contributed by atoms with E-state index < -0.39 is 6.10 Å². The maximum absolute atomic E-state index is 12.3. The number of carbonyl (C=O) groups excluding carboxylic acids is 1.